The van der Waals surface area contributed by atoms with Gasteiger partial charge in [0.1, 0.15) is 60.4 Å². The number of nitrogens with one attached hydrogen (secondary N) is 11. The number of amides is 10. The standard InChI is InChI=1S/C63H98N14O14S.Zn/c1-10-35(6)38(9)63-75-48(32-92-63)60(89)71-44(27-34(4)5)57(86)69-43(23-24-49(78)79)56(85)77-51(36(7)11-2)61(90)70-41-21-16-17-26-66-53(82)47(30-50(80)81)73-59(88)46(29-40-31-65-33-67-40)72-58(87)45(28-39-19-14-13-15-20-39)74-62(91)52(37(8)12-3)76-55(84)42(22-18-25-64)68-54(41)83;/h13-15,19-20,31,33-38,41-48,51-52H,10-12,16-18,21-30,32,64H2,1-9H3,(H,65,67)(H,66,82)(H,68,83)(H,69,86)(H,70,90)(H,71,89)(H,72,87)(H,73,88)(H,74,91)(H,76,84)(H,77,85)(H,78,79)(H,80,81);/q;+2/p-2/t35?,36?,37?,38?,41?,42?,43-,44?,45-,46?,47-,48?,51?,52?;/m0./s1. The van der Waals surface area contributed by atoms with E-state index in [9.17, 15) is 67.7 Å². The largest absolute Gasteiger partial charge is 2.00 e. The molecule has 2 aliphatic heterocycles. The molecule has 0 spiro atoms. The van der Waals surface area contributed by atoms with Gasteiger partial charge in [-0.25, -0.2) is 4.98 Å². The maximum absolute atomic E-state index is 14.7. The second-order valence-electron chi connectivity index (χ2n) is 24.4. The van der Waals surface area contributed by atoms with Crippen molar-refractivity contribution >= 4 is 87.8 Å². The minimum Gasteiger partial charge on any atom is -0.550 e. The molecule has 14 atom stereocenters. The minimum absolute atomic E-state index is 0. The van der Waals surface area contributed by atoms with Crippen molar-refractivity contribution in [2.75, 3.05) is 18.8 Å². The van der Waals surface area contributed by atoms with Gasteiger partial charge in [-0.3, -0.25) is 52.9 Å². The number of carboxylic acids is 2. The van der Waals surface area contributed by atoms with E-state index in [4.69, 9.17) is 5.73 Å². The summed E-state index contributed by atoms with van der Waals surface area (Å²) in [6.07, 6.45) is 1.96. The van der Waals surface area contributed by atoms with Crippen LogP contribution in [0.25, 0.3) is 0 Å². The van der Waals surface area contributed by atoms with Crippen molar-refractivity contribution in [1.82, 2.24) is 63.1 Å². The third kappa shape index (κ3) is 26.5. The molecule has 1 fully saturated rings. The Morgan fingerprint density at radius 3 is 1.91 bits per heavy atom. The molecule has 1 aromatic carbocycles. The van der Waals surface area contributed by atoms with Crippen LogP contribution in [0, 0.1) is 29.6 Å². The van der Waals surface area contributed by atoms with E-state index in [1.165, 1.54) is 24.3 Å². The van der Waals surface area contributed by atoms with Gasteiger partial charge in [0.25, 0.3) is 0 Å². The normalized spacial score (nSPS) is 22.8. The van der Waals surface area contributed by atoms with Crippen LogP contribution in [-0.2, 0) is 89.9 Å². The number of rotatable bonds is 29. The number of carbonyl (C=O) groups is 12. The second-order valence-corrected chi connectivity index (χ2v) is 25.5. The summed E-state index contributed by atoms with van der Waals surface area (Å²) in [6.45, 7) is 16.6. The summed E-state index contributed by atoms with van der Waals surface area (Å²) in [5, 5.41) is 51.5. The van der Waals surface area contributed by atoms with E-state index in [2.05, 4.69) is 82.0 Å². The number of H-pyrrole nitrogens is 1. The van der Waals surface area contributed by atoms with E-state index in [0.29, 0.717) is 29.3 Å². The molecule has 0 saturated carbocycles. The zero-order valence-electron chi connectivity index (χ0n) is 55.0. The molecule has 0 bridgehead atoms. The Bertz CT molecular complexity index is 2850. The number of carbonyl (C=O) groups excluding carboxylic acids is 12. The van der Waals surface area contributed by atoms with Gasteiger partial charge in [-0.2, -0.15) is 0 Å². The van der Waals surface area contributed by atoms with Crippen LogP contribution in [0.4, 0.5) is 0 Å². The Labute approximate surface area is 561 Å². The van der Waals surface area contributed by atoms with Crippen molar-refractivity contribution in [3.8, 4) is 0 Å². The second kappa shape index (κ2) is 40.7. The summed E-state index contributed by atoms with van der Waals surface area (Å²) in [5.74, 6) is -12.3. The van der Waals surface area contributed by atoms with E-state index >= 15 is 0 Å². The molecule has 3 heterocycles. The van der Waals surface area contributed by atoms with Crippen LogP contribution in [0.5, 0.6) is 0 Å². The zero-order chi connectivity index (χ0) is 68.2. The number of aromatic amines is 1. The molecule has 1 saturated heterocycles. The Balaban J connectivity index is 0.0000226. The molecule has 28 nitrogen and oxygen atoms in total. The number of aliphatic carboxylic acids is 2. The molecule has 93 heavy (non-hydrogen) atoms. The van der Waals surface area contributed by atoms with Gasteiger partial charge >= 0.3 is 19.5 Å². The van der Waals surface area contributed by atoms with Gasteiger partial charge < -0.3 is 83.7 Å². The maximum atomic E-state index is 14.7. The molecule has 11 unspecified atom stereocenters. The topological polar surface area (TPSA) is 438 Å². The molecule has 0 radical (unpaired) electrons. The monoisotopic (exact) mass is 1370 g/mol. The average Bonchev–Trinajstić information content (AvgIpc) is 1.87. The van der Waals surface area contributed by atoms with Gasteiger partial charge in [-0.1, -0.05) is 112 Å². The number of thioether (sulfide) groups is 1. The molecule has 510 valence electrons. The molecule has 0 aliphatic carbocycles. The first-order valence-electron chi connectivity index (χ1n) is 32.0. The molecule has 13 N–H and O–H groups in total. The number of hydrogen-bond acceptors (Lipinski definition) is 18. The van der Waals surface area contributed by atoms with Crippen molar-refractivity contribution in [1.29, 1.82) is 0 Å². The predicted molar refractivity (Wildman–Crippen MR) is 339 cm³/mol. The van der Waals surface area contributed by atoms with Crippen molar-refractivity contribution in [3.05, 3.63) is 54.1 Å². The van der Waals surface area contributed by atoms with E-state index in [-0.39, 0.29) is 102 Å². The molecule has 1 aromatic heterocycles. The summed E-state index contributed by atoms with van der Waals surface area (Å²) < 4.78 is 0. The summed E-state index contributed by atoms with van der Waals surface area (Å²) >= 11 is 1.48. The van der Waals surface area contributed by atoms with Gasteiger partial charge in [0, 0.05) is 61.3 Å². The Kier molecular flexibility index (Phi) is 35.0. The van der Waals surface area contributed by atoms with E-state index in [0.717, 1.165) is 11.5 Å². The average molecular weight is 1370 g/mol. The van der Waals surface area contributed by atoms with E-state index in [1.807, 2.05) is 20.8 Å². The van der Waals surface area contributed by atoms with Gasteiger partial charge in [0.15, 0.2) is 0 Å². The van der Waals surface area contributed by atoms with Crippen LogP contribution < -0.4 is 69.1 Å². The molecular weight excluding hydrogens is 1270 g/mol. The number of nitrogens with two attached hydrogens (primary N) is 1. The summed E-state index contributed by atoms with van der Waals surface area (Å²) in [5.41, 5.74) is 6.89. The van der Waals surface area contributed by atoms with Crippen LogP contribution in [0.15, 0.2) is 47.8 Å². The molecule has 2 aromatic rings. The van der Waals surface area contributed by atoms with Gasteiger partial charge in [-0.05, 0) is 87.1 Å². The first kappa shape index (κ1) is 79.9. The van der Waals surface area contributed by atoms with Crippen molar-refractivity contribution in [2.45, 2.75) is 213 Å². The van der Waals surface area contributed by atoms with Crippen molar-refractivity contribution < 1.29 is 87.2 Å². The zero-order valence-corrected chi connectivity index (χ0v) is 58.8. The Morgan fingerprint density at radius 2 is 1.31 bits per heavy atom. The molecule has 30 heteroatoms. The third-order valence-corrected chi connectivity index (χ3v) is 18.0. The summed E-state index contributed by atoms with van der Waals surface area (Å²) in [4.78, 5) is 179. The predicted octanol–water partition coefficient (Wildman–Crippen LogP) is -1.40. The number of carboxylic acid groups (broad SMARTS) is 2. The van der Waals surface area contributed by atoms with Crippen LogP contribution in [-0.4, -0.2) is 165 Å². The fourth-order valence-corrected chi connectivity index (χ4v) is 11.6. The van der Waals surface area contributed by atoms with Gasteiger partial charge in [-0.15, -0.1) is 11.8 Å². The van der Waals surface area contributed by atoms with Crippen molar-refractivity contribution in [3.63, 3.8) is 0 Å². The minimum atomic E-state index is -1.73. The summed E-state index contributed by atoms with van der Waals surface area (Å²) in [7, 11) is 0. The number of nitrogens with zero attached hydrogens (tertiary/aromatic N) is 2. The third-order valence-electron chi connectivity index (χ3n) is 16.8. The SMILES string of the molecule is CCC(C)C(C)C1=NC(C(=O)NC(CC(C)C)C(=O)N[C@@H](CCC(=O)[O-])C(=O)NC(C(=O)NC2CCCCNC(=O)[C@H](CC(=O)[O-])NC(=O)C(Cc3cnc[nH]3)NC(=O)[C@H](Cc3ccccc3)NC(=O)C(C(C)CC)NC(=O)C(CCCN)NC2=O)C(C)CC)CS1.[Zn+2]. The smallest absolute Gasteiger partial charge is 0.550 e. The number of imidazole rings is 1. The number of aliphatic imine (C=N–C) groups is 1. The number of aromatic nitrogens is 2. The molecule has 2 aliphatic rings. The van der Waals surface area contributed by atoms with Crippen LogP contribution >= 0.6 is 11.8 Å². The van der Waals surface area contributed by atoms with Crippen LogP contribution in [0.2, 0.25) is 0 Å². The fourth-order valence-electron chi connectivity index (χ4n) is 10.3. The first-order chi connectivity index (χ1) is 43.7. The quantitative estimate of drug-likeness (QED) is 0.0417. The number of benzene rings is 1. The Morgan fingerprint density at radius 1 is 0.688 bits per heavy atom. The fraction of sp³-hybridized carbons (Fsp3) is 0.651. The van der Waals surface area contributed by atoms with Crippen LogP contribution in [0.3, 0.4) is 0 Å². The first-order valence-corrected chi connectivity index (χ1v) is 33.0. The van der Waals surface area contributed by atoms with Crippen molar-refractivity contribution in [2.24, 2.45) is 40.3 Å². The molecule has 10 amide bonds. The van der Waals surface area contributed by atoms with E-state index in [1.54, 1.807) is 58.0 Å². The summed E-state index contributed by atoms with van der Waals surface area (Å²) in [6, 6.07) is -5.21. The Hall–Kier alpha value is -7.33. The number of hydrogen-bond donors (Lipinski definition) is 12. The van der Waals surface area contributed by atoms with E-state index < -0.39 is 163 Å². The maximum Gasteiger partial charge on any atom is 2.00 e. The molecular formula is C63H96N14O14SZn. The molecule has 4 rings (SSSR count). The van der Waals surface area contributed by atoms with Crippen LogP contribution in [0.1, 0.15) is 151 Å². The van der Waals surface area contributed by atoms with Gasteiger partial charge in [0.2, 0.25) is 59.1 Å². The van der Waals surface area contributed by atoms with Gasteiger partial charge in [0.05, 0.1) is 11.4 Å².